The fourth-order valence-electron chi connectivity index (χ4n) is 3.03. The van der Waals surface area contributed by atoms with Gasteiger partial charge in [0.1, 0.15) is 0 Å². The predicted molar refractivity (Wildman–Crippen MR) is 106 cm³/mol. The van der Waals surface area contributed by atoms with Gasteiger partial charge in [-0.15, -0.1) is 5.10 Å². The van der Waals surface area contributed by atoms with E-state index in [1.807, 2.05) is 19.3 Å². The van der Waals surface area contributed by atoms with Crippen molar-refractivity contribution < 1.29 is 9.53 Å². The molecule has 9 heteroatoms. The number of benzene rings is 1. The highest BCUT2D eigenvalue weighted by Gasteiger charge is 2.16. The summed E-state index contributed by atoms with van der Waals surface area (Å²) in [5.74, 6) is 0.218. The number of nitrogens with one attached hydrogen (secondary N) is 1. The van der Waals surface area contributed by atoms with Crippen LogP contribution in [0.15, 0.2) is 42.9 Å². The Morgan fingerprint density at radius 2 is 2.00 bits per heavy atom. The molecule has 8 nitrogen and oxygen atoms in total. The normalized spacial score (nSPS) is 11.0. The molecule has 0 aliphatic carbocycles. The molecule has 4 aromatic rings. The van der Waals surface area contributed by atoms with Gasteiger partial charge in [0.05, 0.1) is 30.8 Å². The van der Waals surface area contributed by atoms with Crippen molar-refractivity contribution >= 4 is 23.2 Å². The number of carbonyl (C=O) groups excluding carboxylic acids is 1. The van der Waals surface area contributed by atoms with E-state index in [2.05, 4.69) is 20.5 Å². The monoisotopic (exact) mass is 396 g/mol. The van der Waals surface area contributed by atoms with E-state index in [1.165, 1.54) is 0 Å². The van der Waals surface area contributed by atoms with Crippen LogP contribution in [0.5, 0.6) is 5.88 Å². The summed E-state index contributed by atoms with van der Waals surface area (Å²) in [5.41, 5.74) is 4.18. The van der Waals surface area contributed by atoms with Crippen molar-refractivity contribution in [2.75, 3.05) is 14.2 Å². The molecule has 0 aliphatic heterocycles. The van der Waals surface area contributed by atoms with Gasteiger partial charge in [-0.25, -0.2) is 9.50 Å². The van der Waals surface area contributed by atoms with E-state index in [0.29, 0.717) is 27.8 Å². The largest absolute Gasteiger partial charge is 0.480 e. The average Bonchev–Trinajstić information content (AvgIpc) is 3.31. The number of carbonyl (C=O) groups is 1. The van der Waals surface area contributed by atoms with Gasteiger partial charge in [-0.1, -0.05) is 11.6 Å². The molecule has 3 aromatic heterocycles. The molecule has 1 aromatic carbocycles. The quantitative estimate of drug-likeness (QED) is 0.573. The lowest BCUT2D eigenvalue weighted by molar-refractivity contribution is 0.0963. The Bertz CT molecular complexity index is 1200. The molecule has 0 spiro atoms. The van der Waals surface area contributed by atoms with Crippen molar-refractivity contribution in [3.63, 3.8) is 0 Å². The Morgan fingerprint density at radius 3 is 2.68 bits per heavy atom. The summed E-state index contributed by atoms with van der Waals surface area (Å²) in [5, 5.41) is 11.8. The van der Waals surface area contributed by atoms with Crippen LogP contribution in [0.2, 0.25) is 5.02 Å². The van der Waals surface area contributed by atoms with Crippen LogP contribution in [0.3, 0.4) is 0 Å². The molecule has 142 valence electrons. The molecule has 0 unspecified atom stereocenters. The van der Waals surface area contributed by atoms with E-state index in [9.17, 15) is 4.79 Å². The highest BCUT2D eigenvalue weighted by Crippen LogP contribution is 2.31. The van der Waals surface area contributed by atoms with Crippen LogP contribution in [-0.2, 0) is 7.05 Å². The van der Waals surface area contributed by atoms with E-state index in [-0.39, 0.29) is 5.91 Å². The first-order chi connectivity index (χ1) is 13.5. The summed E-state index contributed by atoms with van der Waals surface area (Å²) in [6, 6.07) is 7.01. The summed E-state index contributed by atoms with van der Waals surface area (Å²) in [7, 11) is 4.98. The fraction of sp³-hybridized carbons (Fsp3) is 0.158. The molecule has 28 heavy (non-hydrogen) atoms. The van der Waals surface area contributed by atoms with Crippen molar-refractivity contribution in [1.82, 2.24) is 29.7 Å². The number of aryl methyl sites for hydroxylation is 1. The summed E-state index contributed by atoms with van der Waals surface area (Å²) in [4.78, 5) is 16.5. The van der Waals surface area contributed by atoms with Gasteiger partial charge in [-0.2, -0.15) is 5.10 Å². The first-order valence-corrected chi connectivity index (χ1v) is 8.83. The van der Waals surface area contributed by atoms with E-state index in [0.717, 1.165) is 16.7 Å². The van der Waals surface area contributed by atoms with Crippen molar-refractivity contribution in [2.24, 2.45) is 7.05 Å². The maximum atomic E-state index is 12.0. The molecule has 0 saturated carbocycles. The minimum Gasteiger partial charge on any atom is -0.480 e. The number of halogens is 1. The molecule has 4 rings (SSSR count). The van der Waals surface area contributed by atoms with Crippen molar-refractivity contribution in [3.8, 4) is 28.3 Å². The SMILES string of the molecule is CNC(=O)c1cc(Cl)cc(-c2cnc3cc(-c4cnn(C)c4)c(OC)nn23)c1. The lowest BCUT2D eigenvalue weighted by Gasteiger charge is -2.09. The molecule has 0 aliphatic rings. The number of rotatable bonds is 4. The van der Waals surface area contributed by atoms with Gasteiger partial charge in [0.2, 0.25) is 5.88 Å². The highest BCUT2D eigenvalue weighted by molar-refractivity contribution is 6.31. The van der Waals surface area contributed by atoms with E-state index < -0.39 is 0 Å². The van der Waals surface area contributed by atoms with Gasteiger partial charge in [0.15, 0.2) is 5.65 Å². The molecular formula is C19H17ClN6O2. The molecule has 0 fully saturated rings. The molecule has 1 amide bonds. The van der Waals surface area contributed by atoms with Gasteiger partial charge in [0, 0.05) is 42.0 Å². The predicted octanol–water partition coefficient (Wildman–Crippen LogP) is 2.82. The van der Waals surface area contributed by atoms with Crippen LogP contribution in [-0.4, -0.2) is 44.4 Å². The number of amides is 1. The van der Waals surface area contributed by atoms with Gasteiger partial charge >= 0.3 is 0 Å². The molecular weight excluding hydrogens is 380 g/mol. The average molecular weight is 397 g/mol. The molecule has 0 radical (unpaired) electrons. The standard InChI is InChI=1S/C19H17ClN6O2/c1-21-18(27)12-4-11(5-14(20)6-12)16-9-22-17-7-15(13-8-23-25(2)10-13)19(28-3)24-26(16)17/h4-10H,1-3H3,(H,21,27). The number of ether oxygens (including phenoxy) is 1. The number of fused-ring (bicyclic) bond motifs is 1. The second-order valence-corrected chi connectivity index (χ2v) is 6.63. The topological polar surface area (TPSA) is 86.3 Å². The minimum atomic E-state index is -0.220. The smallest absolute Gasteiger partial charge is 0.251 e. The van der Waals surface area contributed by atoms with E-state index in [1.54, 1.807) is 53.9 Å². The Morgan fingerprint density at radius 1 is 1.18 bits per heavy atom. The van der Waals surface area contributed by atoms with Gasteiger partial charge in [-0.05, 0) is 24.3 Å². The number of methoxy groups -OCH3 is 1. The zero-order valence-electron chi connectivity index (χ0n) is 15.5. The third-order valence-electron chi connectivity index (χ3n) is 4.35. The molecule has 1 N–H and O–H groups in total. The lowest BCUT2D eigenvalue weighted by atomic mass is 10.1. The molecule has 0 saturated heterocycles. The first kappa shape index (κ1) is 18.0. The summed E-state index contributed by atoms with van der Waals surface area (Å²) in [6.07, 6.45) is 5.31. The Balaban J connectivity index is 1.88. The van der Waals surface area contributed by atoms with Crippen LogP contribution < -0.4 is 10.1 Å². The Labute approximate surface area is 165 Å². The summed E-state index contributed by atoms with van der Waals surface area (Å²) < 4.78 is 8.87. The van der Waals surface area contributed by atoms with Gasteiger partial charge in [-0.3, -0.25) is 9.48 Å². The van der Waals surface area contributed by atoms with E-state index >= 15 is 0 Å². The van der Waals surface area contributed by atoms with Crippen LogP contribution in [0, 0.1) is 0 Å². The second kappa shape index (κ2) is 6.97. The van der Waals surface area contributed by atoms with Crippen molar-refractivity contribution in [1.29, 1.82) is 0 Å². The van der Waals surface area contributed by atoms with Gasteiger partial charge < -0.3 is 10.1 Å². The van der Waals surface area contributed by atoms with Crippen LogP contribution >= 0.6 is 11.6 Å². The van der Waals surface area contributed by atoms with Crippen molar-refractivity contribution in [2.45, 2.75) is 0 Å². The number of aromatic nitrogens is 5. The number of imidazole rings is 1. The van der Waals surface area contributed by atoms with Crippen LogP contribution in [0.1, 0.15) is 10.4 Å². The van der Waals surface area contributed by atoms with Gasteiger partial charge in [0.25, 0.3) is 5.91 Å². The van der Waals surface area contributed by atoms with Crippen molar-refractivity contribution in [3.05, 3.63) is 53.4 Å². The fourth-order valence-corrected chi connectivity index (χ4v) is 3.26. The third-order valence-corrected chi connectivity index (χ3v) is 4.57. The van der Waals surface area contributed by atoms with E-state index in [4.69, 9.17) is 16.3 Å². The first-order valence-electron chi connectivity index (χ1n) is 8.45. The molecule has 0 atom stereocenters. The maximum absolute atomic E-state index is 12.0. The number of nitrogens with zero attached hydrogens (tertiary/aromatic N) is 5. The zero-order chi connectivity index (χ0) is 19.8. The number of hydrogen-bond donors (Lipinski definition) is 1. The zero-order valence-corrected chi connectivity index (χ0v) is 16.2. The maximum Gasteiger partial charge on any atom is 0.251 e. The Hall–Kier alpha value is -3.39. The summed E-state index contributed by atoms with van der Waals surface area (Å²) in [6.45, 7) is 0. The summed E-state index contributed by atoms with van der Waals surface area (Å²) >= 11 is 6.22. The Kier molecular flexibility index (Phi) is 4.48. The lowest BCUT2D eigenvalue weighted by Crippen LogP contribution is -2.17. The second-order valence-electron chi connectivity index (χ2n) is 6.19. The highest BCUT2D eigenvalue weighted by atomic mass is 35.5. The third kappa shape index (κ3) is 3.07. The molecule has 3 heterocycles. The molecule has 0 bridgehead atoms. The van der Waals surface area contributed by atoms with Crippen LogP contribution in [0.4, 0.5) is 0 Å². The minimum absolute atomic E-state index is 0.220. The number of hydrogen-bond acceptors (Lipinski definition) is 5. The van der Waals surface area contributed by atoms with Crippen LogP contribution in [0.25, 0.3) is 28.0 Å².